The Bertz CT molecular complexity index is 977. The molecule has 6 heteroatoms. The first-order valence-corrected chi connectivity index (χ1v) is 8.73. The zero-order valence-electron chi connectivity index (χ0n) is 16.1. The van der Waals surface area contributed by atoms with Gasteiger partial charge in [0, 0.05) is 12.1 Å². The summed E-state index contributed by atoms with van der Waals surface area (Å²) in [6.45, 7) is 6.93. The Morgan fingerprint density at radius 3 is 2.48 bits per heavy atom. The van der Waals surface area contributed by atoms with E-state index in [1.54, 1.807) is 30.3 Å². The molecule has 1 heterocycles. The normalized spacial score (nSPS) is 13.0. The van der Waals surface area contributed by atoms with Gasteiger partial charge in [-0.3, -0.25) is 9.69 Å². The Morgan fingerprint density at radius 2 is 1.78 bits per heavy atom. The predicted octanol–water partition coefficient (Wildman–Crippen LogP) is 3.84. The van der Waals surface area contributed by atoms with E-state index in [0.717, 1.165) is 0 Å². The molecule has 0 fully saturated rings. The third-order valence-corrected chi connectivity index (χ3v) is 4.62. The highest BCUT2D eigenvalue weighted by Crippen LogP contribution is 2.22. The van der Waals surface area contributed by atoms with Crippen LogP contribution >= 0.6 is 12.4 Å². The summed E-state index contributed by atoms with van der Waals surface area (Å²) in [5, 5.41) is 11.2. The Morgan fingerprint density at radius 1 is 1.11 bits per heavy atom. The van der Waals surface area contributed by atoms with Crippen LogP contribution in [0.3, 0.4) is 0 Å². The van der Waals surface area contributed by atoms with Crippen LogP contribution in [0.2, 0.25) is 0 Å². The van der Waals surface area contributed by atoms with Gasteiger partial charge in [0.2, 0.25) is 5.43 Å². The molecule has 1 unspecified atom stereocenters. The van der Waals surface area contributed by atoms with Crippen LogP contribution in [0.5, 0.6) is 5.75 Å². The number of β-amino-alcohol motifs (C(OH)–C–C–N with tert-alkyl or cyclic N) is 1. The number of halogens is 1. The van der Waals surface area contributed by atoms with Crippen molar-refractivity contribution in [1.82, 2.24) is 4.90 Å². The topological polar surface area (TPSA) is 62.9 Å². The van der Waals surface area contributed by atoms with Crippen LogP contribution in [0.25, 0.3) is 21.9 Å². The number of likely N-dealkylation sites (N-methyl/N-ethyl adjacent to an activating group) is 1. The Kier molecular flexibility index (Phi) is 6.52. The molecule has 1 N–H and O–H groups in total. The van der Waals surface area contributed by atoms with E-state index in [2.05, 4.69) is 25.7 Å². The van der Waals surface area contributed by atoms with Gasteiger partial charge in [0.15, 0.2) is 0 Å². The highest BCUT2D eigenvalue weighted by atomic mass is 35.5. The molecule has 146 valence electrons. The molecule has 5 nitrogen and oxygen atoms in total. The number of rotatable bonds is 5. The van der Waals surface area contributed by atoms with E-state index in [4.69, 9.17) is 9.15 Å². The molecule has 1 aromatic heterocycles. The fraction of sp³-hybridized carbons (Fsp3) is 0.381. The molecule has 0 saturated carbocycles. The molecule has 0 bridgehead atoms. The van der Waals surface area contributed by atoms with Crippen LogP contribution in [0, 0.1) is 0 Å². The minimum Gasteiger partial charge on any atom is -0.491 e. The summed E-state index contributed by atoms with van der Waals surface area (Å²) < 4.78 is 11.5. The zero-order valence-corrected chi connectivity index (χ0v) is 16.9. The maximum absolute atomic E-state index is 12.7. The van der Waals surface area contributed by atoms with E-state index in [1.165, 1.54) is 0 Å². The van der Waals surface area contributed by atoms with Gasteiger partial charge in [-0.2, -0.15) is 0 Å². The fourth-order valence-corrected chi connectivity index (χ4v) is 2.71. The van der Waals surface area contributed by atoms with E-state index in [1.807, 2.05) is 19.2 Å². The standard InChI is InChI=1S/C21H25NO4.ClH/c1-21(2,3)22(4)12-14(23)13-25-15-9-10-19-17(11-15)20(24)16-7-5-6-8-18(16)26-19;/h5-11,14,23H,12-13H2,1-4H3;1H. The number of nitrogens with zero attached hydrogens (tertiary/aromatic N) is 1. The van der Waals surface area contributed by atoms with Crippen LogP contribution in [0.1, 0.15) is 20.8 Å². The lowest BCUT2D eigenvalue weighted by atomic mass is 10.1. The number of fused-ring (bicyclic) bond motifs is 2. The molecule has 1 atom stereocenters. The third-order valence-electron chi connectivity index (χ3n) is 4.62. The second-order valence-electron chi connectivity index (χ2n) is 7.60. The van der Waals surface area contributed by atoms with Crippen molar-refractivity contribution in [2.24, 2.45) is 0 Å². The highest BCUT2D eigenvalue weighted by Gasteiger charge is 2.20. The van der Waals surface area contributed by atoms with Gasteiger partial charge >= 0.3 is 0 Å². The molecule has 3 aromatic rings. The quantitative estimate of drug-likeness (QED) is 0.669. The number of aliphatic hydroxyl groups is 1. The second-order valence-corrected chi connectivity index (χ2v) is 7.60. The van der Waals surface area contributed by atoms with Gasteiger partial charge in [-0.15, -0.1) is 12.4 Å². The van der Waals surface area contributed by atoms with Crippen molar-refractivity contribution in [3.8, 4) is 5.75 Å². The molecular weight excluding hydrogens is 366 g/mol. The van der Waals surface area contributed by atoms with Gasteiger partial charge in [-0.25, -0.2) is 0 Å². The van der Waals surface area contributed by atoms with Crippen molar-refractivity contribution < 1.29 is 14.3 Å². The first kappa shape index (κ1) is 21.2. The van der Waals surface area contributed by atoms with Crippen LogP contribution in [-0.4, -0.2) is 41.8 Å². The summed E-state index contributed by atoms with van der Waals surface area (Å²) in [4.78, 5) is 14.7. The maximum Gasteiger partial charge on any atom is 0.200 e. The van der Waals surface area contributed by atoms with E-state index in [-0.39, 0.29) is 30.0 Å². The van der Waals surface area contributed by atoms with Gasteiger partial charge < -0.3 is 14.3 Å². The Balaban J connectivity index is 0.00000261. The second kappa shape index (κ2) is 8.30. The summed E-state index contributed by atoms with van der Waals surface area (Å²) in [5.41, 5.74) is 0.984. The molecule has 0 spiro atoms. The summed E-state index contributed by atoms with van der Waals surface area (Å²) in [5.74, 6) is 0.539. The average molecular weight is 392 g/mol. The van der Waals surface area contributed by atoms with Gasteiger partial charge in [0.05, 0.1) is 10.8 Å². The van der Waals surface area contributed by atoms with Crippen molar-refractivity contribution in [3.63, 3.8) is 0 Å². The summed E-state index contributed by atoms with van der Waals surface area (Å²) >= 11 is 0. The van der Waals surface area contributed by atoms with Crippen molar-refractivity contribution in [2.45, 2.75) is 32.4 Å². The van der Waals surface area contributed by atoms with Crippen molar-refractivity contribution in [1.29, 1.82) is 0 Å². The lowest BCUT2D eigenvalue weighted by molar-refractivity contribution is 0.0473. The Hall–Kier alpha value is -2.08. The van der Waals surface area contributed by atoms with Crippen molar-refractivity contribution >= 4 is 34.3 Å². The number of hydrogen-bond acceptors (Lipinski definition) is 5. The Labute approximate surface area is 165 Å². The number of benzene rings is 2. The smallest absolute Gasteiger partial charge is 0.200 e. The first-order chi connectivity index (χ1) is 12.3. The third kappa shape index (κ3) is 4.80. The van der Waals surface area contributed by atoms with E-state index >= 15 is 0 Å². The maximum atomic E-state index is 12.7. The van der Waals surface area contributed by atoms with Crippen molar-refractivity contribution in [3.05, 3.63) is 52.7 Å². The SMILES string of the molecule is CN(CC(O)COc1ccc2oc3ccccc3c(=O)c2c1)C(C)(C)C.Cl. The summed E-state index contributed by atoms with van der Waals surface area (Å²) in [6.07, 6.45) is -0.622. The van der Waals surface area contributed by atoms with E-state index in [0.29, 0.717) is 34.2 Å². The number of aliphatic hydroxyl groups excluding tert-OH is 1. The van der Waals surface area contributed by atoms with Gasteiger partial charge in [0.1, 0.15) is 29.6 Å². The molecule has 0 saturated heterocycles. The lowest BCUT2D eigenvalue weighted by Gasteiger charge is -2.33. The predicted molar refractivity (Wildman–Crippen MR) is 111 cm³/mol. The minimum absolute atomic E-state index is 0. The van der Waals surface area contributed by atoms with Crippen LogP contribution in [0.4, 0.5) is 0 Å². The summed E-state index contributed by atoms with van der Waals surface area (Å²) in [6, 6.07) is 12.3. The monoisotopic (exact) mass is 391 g/mol. The molecule has 0 aliphatic carbocycles. The fourth-order valence-electron chi connectivity index (χ4n) is 2.71. The largest absolute Gasteiger partial charge is 0.491 e. The first-order valence-electron chi connectivity index (χ1n) is 8.73. The van der Waals surface area contributed by atoms with E-state index < -0.39 is 6.10 Å². The molecule has 0 aliphatic heterocycles. The van der Waals surface area contributed by atoms with Crippen LogP contribution < -0.4 is 10.2 Å². The highest BCUT2D eigenvalue weighted by molar-refractivity contribution is 5.90. The van der Waals surface area contributed by atoms with Crippen molar-refractivity contribution in [2.75, 3.05) is 20.2 Å². The van der Waals surface area contributed by atoms with Crippen LogP contribution in [0.15, 0.2) is 51.7 Å². The van der Waals surface area contributed by atoms with E-state index in [9.17, 15) is 9.90 Å². The lowest BCUT2D eigenvalue weighted by Crippen LogP contribution is -2.44. The number of ether oxygens (including phenoxy) is 1. The molecule has 0 amide bonds. The zero-order chi connectivity index (χ0) is 18.9. The molecule has 2 aromatic carbocycles. The number of para-hydroxylation sites is 1. The molecule has 3 rings (SSSR count). The number of hydrogen-bond donors (Lipinski definition) is 1. The van der Waals surface area contributed by atoms with Gasteiger partial charge in [0.25, 0.3) is 0 Å². The summed E-state index contributed by atoms with van der Waals surface area (Å²) in [7, 11) is 1.97. The van der Waals surface area contributed by atoms with Gasteiger partial charge in [-0.05, 0) is 58.2 Å². The van der Waals surface area contributed by atoms with Crippen LogP contribution in [-0.2, 0) is 0 Å². The van der Waals surface area contributed by atoms with Gasteiger partial charge in [-0.1, -0.05) is 12.1 Å². The average Bonchev–Trinajstić information content (AvgIpc) is 2.59. The minimum atomic E-state index is -0.622. The molecule has 0 aliphatic rings. The molecular formula is C21H26ClNO4. The molecule has 27 heavy (non-hydrogen) atoms. The molecule has 0 radical (unpaired) electrons.